The number of carbonyl (C=O) groups excluding carboxylic acids is 1. The van der Waals surface area contributed by atoms with Crippen molar-refractivity contribution in [1.29, 1.82) is 0 Å². The number of thioether (sulfide) groups is 1. The smallest absolute Gasteiger partial charge is 0.323 e. The average Bonchev–Trinajstić information content (AvgIpc) is 3.41. The molecule has 1 N–H and O–H groups in total. The molecule has 5 nitrogen and oxygen atoms in total. The predicted octanol–water partition coefficient (Wildman–Crippen LogP) is 5.39. The van der Waals surface area contributed by atoms with Gasteiger partial charge in [-0.25, -0.2) is 0 Å². The Labute approximate surface area is 204 Å². The van der Waals surface area contributed by atoms with Crippen molar-refractivity contribution in [2.75, 3.05) is 11.4 Å². The first-order chi connectivity index (χ1) is 15.4. The minimum Gasteiger partial charge on any atom is -0.480 e. The van der Waals surface area contributed by atoms with Gasteiger partial charge in [0, 0.05) is 23.0 Å². The van der Waals surface area contributed by atoms with Gasteiger partial charge in [0.25, 0.3) is 5.91 Å². The Morgan fingerprint density at radius 1 is 1.25 bits per heavy atom. The highest BCUT2D eigenvalue weighted by atomic mass is 79.9. The van der Waals surface area contributed by atoms with Gasteiger partial charge < -0.3 is 10.0 Å². The molecule has 2 unspecified atom stereocenters. The molecule has 0 bridgehead atoms. The maximum absolute atomic E-state index is 12.7. The van der Waals surface area contributed by atoms with Crippen LogP contribution in [0.4, 0.5) is 5.69 Å². The van der Waals surface area contributed by atoms with Crippen molar-refractivity contribution in [3.8, 4) is 0 Å². The number of benzene rings is 2. The lowest BCUT2D eigenvalue weighted by atomic mass is 9.96. The summed E-state index contributed by atoms with van der Waals surface area (Å²) in [6.07, 6.45) is 5.40. The molecule has 0 aromatic heterocycles. The first-order valence-corrected chi connectivity index (χ1v) is 12.6. The Morgan fingerprint density at radius 3 is 2.78 bits per heavy atom. The van der Waals surface area contributed by atoms with Gasteiger partial charge in [-0.05, 0) is 63.7 Å². The van der Waals surface area contributed by atoms with Crippen molar-refractivity contribution in [2.45, 2.75) is 37.8 Å². The molecule has 0 radical (unpaired) electrons. The minimum absolute atomic E-state index is 0.286. The number of anilines is 1. The summed E-state index contributed by atoms with van der Waals surface area (Å²) in [5.74, 6) is -0.933. The SMILES string of the molecule is O=C(O)CN1C(=O)/C(=C\c2cc(Br)c3c(c2)C2CCCC2N3Cc2ccccc2)SC1=S. The van der Waals surface area contributed by atoms with Gasteiger partial charge in [-0.15, -0.1) is 0 Å². The van der Waals surface area contributed by atoms with Crippen molar-refractivity contribution in [1.82, 2.24) is 4.90 Å². The summed E-state index contributed by atoms with van der Waals surface area (Å²) in [7, 11) is 0. The lowest BCUT2D eigenvalue weighted by Crippen LogP contribution is -2.33. The Kier molecular flexibility index (Phi) is 5.86. The fourth-order valence-electron chi connectivity index (χ4n) is 5.05. The quantitative estimate of drug-likeness (QED) is 0.414. The Hall–Kier alpha value is -2.16. The van der Waals surface area contributed by atoms with Crippen LogP contribution in [0.15, 0.2) is 51.8 Å². The highest BCUT2D eigenvalue weighted by molar-refractivity contribution is 9.10. The Bertz CT molecular complexity index is 1150. The molecule has 5 rings (SSSR count). The zero-order valence-electron chi connectivity index (χ0n) is 17.2. The molecule has 0 spiro atoms. The Morgan fingerprint density at radius 2 is 2.03 bits per heavy atom. The topological polar surface area (TPSA) is 60.9 Å². The molecule has 2 aromatic carbocycles. The second-order valence-electron chi connectivity index (χ2n) is 8.32. The van der Waals surface area contributed by atoms with Crippen LogP contribution in [-0.2, 0) is 16.1 Å². The second-order valence-corrected chi connectivity index (χ2v) is 10.9. The number of carboxylic acids is 1. The van der Waals surface area contributed by atoms with E-state index in [-0.39, 0.29) is 10.2 Å². The molecule has 2 fully saturated rings. The van der Waals surface area contributed by atoms with Crippen molar-refractivity contribution in [3.63, 3.8) is 0 Å². The summed E-state index contributed by atoms with van der Waals surface area (Å²) in [6, 6.07) is 15.3. The lowest BCUT2D eigenvalue weighted by molar-refractivity contribution is -0.140. The van der Waals surface area contributed by atoms with Gasteiger partial charge in [-0.2, -0.15) is 0 Å². The van der Waals surface area contributed by atoms with Crippen LogP contribution in [0.5, 0.6) is 0 Å². The van der Waals surface area contributed by atoms with Crippen molar-refractivity contribution >= 4 is 67.9 Å². The maximum Gasteiger partial charge on any atom is 0.323 e. The molecule has 32 heavy (non-hydrogen) atoms. The average molecular weight is 529 g/mol. The monoisotopic (exact) mass is 528 g/mol. The molecular formula is C24H21BrN2O3S2. The summed E-state index contributed by atoms with van der Waals surface area (Å²) in [5.41, 5.74) is 4.80. The number of hydrogen-bond donors (Lipinski definition) is 1. The van der Waals surface area contributed by atoms with Gasteiger partial charge in [0.05, 0.1) is 10.6 Å². The van der Waals surface area contributed by atoms with E-state index in [0.717, 1.165) is 33.2 Å². The molecule has 1 amide bonds. The fraction of sp³-hybridized carbons (Fsp3) is 0.292. The number of carboxylic acid groups (broad SMARTS) is 1. The number of aliphatic carboxylic acids is 1. The predicted molar refractivity (Wildman–Crippen MR) is 135 cm³/mol. The van der Waals surface area contributed by atoms with E-state index in [1.807, 2.05) is 18.2 Å². The van der Waals surface area contributed by atoms with Gasteiger partial charge in [-0.1, -0.05) is 60.7 Å². The summed E-state index contributed by atoms with van der Waals surface area (Å²) >= 11 is 10.2. The lowest BCUT2D eigenvalue weighted by Gasteiger charge is -2.28. The van der Waals surface area contributed by atoms with Crippen molar-refractivity contribution < 1.29 is 14.7 Å². The van der Waals surface area contributed by atoms with Crippen LogP contribution in [0.25, 0.3) is 6.08 Å². The summed E-state index contributed by atoms with van der Waals surface area (Å²) in [6.45, 7) is 0.467. The number of fused-ring (bicyclic) bond motifs is 3. The molecular weight excluding hydrogens is 508 g/mol. The third kappa shape index (κ3) is 3.89. The van der Waals surface area contributed by atoms with Crippen LogP contribution >= 0.6 is 39.9 Å². The second kappa shape index (κ2) is 8.65. The highest BCUT2D eigenvalue weighted by Gasteiger charge is 2.42. The van der Waals surface area contributed by atoms with Gasteiger partial charge in [0.2, 0.25) is 0 Å². The molecule has 1 saturated carbocycles. The van der Waals surface area contributed by atoms with Gasteiger partial charge in [0.15, 0.2) is 0 Å². The number of nitrogens with zero attached hydrogens (tertiary/aromatic N) is 2. The van der Waals surface area contributed by atoms with Gasteiger partial charge in [-0.3, -0.25) is 14.5 Å². The summed E-state index contributed by atoms with van der Waals surface area (Å²) < 4.78 is 1.31. The summed E-state index contributed by atoms with van der Waals surface area (Å²) in [5, 5.41) is 9.05. The van der Waals surface area contributed by atoms with E-state index < -0.39 is 12.5 Å². The fourth-order valence-corrected chi connectivity index (χ4v) is 7.03. The molecule has 3 aliphatic rings. The molecule has 1 saturated heterocycles. The molecule has 164 valence electrons. The molecule has 8 heteroatoms. The third-order valence-electron chi connectivity index (χ3n) is 6.34. The molecule has 2 aromatic rings. The van der Waals surface area contributed by atoms with E-state index >= 15 is 0 Å². The van der Waals surface area contributed by atoms with Gasteiger partial charge >= 0.3 is 5.97 Å². The van der Waals surface area contributed by atoms with Crippen LogP contribution in [0.2, 0.25) is 0 Å². The van der Waals surface area contributed by atoms with Crippen molar-refractivity contribution in [3.05, 3.63) is 68.5 Å². The van der Waals surface area contributed by atoms with Crippen LogP contribution in [0.1, 0.15) is 41.9 Å². The van der Waals surface area contributed by atoms with Crippen LogP contribution in [-0.4, -0.2) is 38.8 Å². The number of carbonyl (C=O) groups is 2. The zero-order chi connectivity index (χ0) is 22.4. The van der Waals surface area contributed by atoms with E-state index in [1.165, 1.54) is 36.1 Å². The normalized spacial score (nSPS) is 23.2. The van der Waals surface area contributed by atoms with E-state index in [0.29, 0.717) is 16.9 Å². The van der Waals surface area contributed by atoms with E-state index in [2.05, 4.69) is 51.2 Å². The molecule has 1 aliphatic carbocycles. The third-order valence-corrected chi connectivity index (χ3v) is 8.32. The van der Waals surface area contributed by atoms with Crippen LogP contribution < -0.4 is 4.90 Å². The van der Waals surface area contributed by atoms with E-state index in [1.54, 1.807) is 0 Å². The molecule has 2 atom stereocenters. The zero-order valence-corrected chi connectivity index (χ0v) is 20.4. The molecule has 2 aliphatic heterocycles. The van der Waals surface area contributed by atoms with Crippen LogP contribution in [0, 0.1) is 0 Å². The minimum atomic E-state index is -1.08. The van der Waals surface area contributed by atoms with Gasteiger partial charge in [0.1, 0.15) is 10.9 Å². The van der Waals surface area contributed by atoms with E-state index in [9.17, 15) is 9.59 Å². The first-order valence-electron chi connectivity index (χ1n) is 10.5. The number of halogens is 1. The van der Waals surface area contributed by atoms with E-state index in [4.69, 9.17) is 17.3 Å². The number of amides is 1. The molecule has 2 heterocycles. The standard InChI is InChI=1S/C24H21BrN2O3S2/c25-18-10-15(11-20-23(30)27(13-21(28)29)24(31)32-20)9-17-16-7-4-8-19(16)26(22(17)18)12-14-5-2-1-3-6-14/h1-3,5-6,9-11,16,19H,4,7-8,12-13H2,(H,28,29)/b20-11+. The highest BCUT2D eigenvalue weighted by Crippen LogP contribution is 2.53. The maximum atomic E-state index is 12.7. The first kappa shape index (κ1) is 21.7. The summed E-state index contributed by atoms with van der Waals surface area (Å²) in [4.78, 5) is 27.9. The largest absolute Gasteiger partial charge is 0.480 e. The van der Waals surface area contributed by atoms with Crippen LogP contribution in [0.3, 0.4) is 0 Å². The Balaban J connectivity index is 1.48. The number of hydrogen-bond acceptors (Lipinski definition) is 5. The number of rotatable bonds is 5. The number of thiocarbonyl (C=S) groups is 1. The van der Waals surface area contributed by atoms with Crippen molar-refractivity contribution in [2.24, 2.45) is 0 Å².